The Bertz CT molecular complexity index is 238. The molecule has 2 fully saturated rings. The highest BCUT2D eigenvalue weighted by Crippen LogP contribution is 2.16. The lowest BCUT2D eigenvalue weighted by atomic mass is 10.2. The second kappa shape index (κ2) is 3.67. The zero-order valence-electron chi connectivity index (χ0n) is 7.28. The second-order valence-electron chi connectivity index (χ2n) is 3.32. The first-order chi connectivity index (χ1) is 6.27. The zero-order valence-corrected chi connectivity index (χ0v) is 8.10. The van der Waals surface area contributed by atoms with E-state index in [1.54, 1.807) is 11.8 Å². The van der Waals surface area contributed by atoms with Gasteiger partial charge in [-0.15, -0.1) is 11.8 Å². The minimum absolute atomic E-state index is 0.0934. The van der Waals surface area contributed by atoms with Gasteiger partial charge in [0.15, 0.2) is 0 Å². The van der Waals surface area contributed by atoms with Crippen LogP contribution in [0.15, 0.2) is 0 Å². The van der Waals surface area contributed by atoms with Crippen LogP contribution in [0, 0.1) is 0 Å². The van der Waals surface area contributed by atoms with Crippen LogP contribution in [0.4, 0.5) is 0 Å². The summed E-state index contributed by atoms with van der Waals surface area (Å²) in [5.74, 6) is 2.04. The summed E-state index contributed by atoms with van der Waals surface area (Å²) in [5.41, 5.74) is 0. The average molecular weight is 200 g/mol. The van der Waals surface area contributed by atoms with Gasteiger partial charge in [-0.25, -0.2) is 0 Å². The molecule has 5 heteroatoms. The van der Waals surface area contributed by atoms with Crippen LogP contribution in [0.5, 0.6) is 0 Å². The Kier molecular flexibility index (Phi) is 2.55. The first-order valence-corrected chi connectivity index (χ1v) is 5.54. The molecule has 13 heavy (non-hydrogen) atoms. The van der Waals surface area contributed by atoms with Gasteiger partial charge in [0.25, 0.3) is 0 Å². The monoisotopic (exact) mass is 200 g/mol. The summed E-state index contributed by atoms with van der Waals surface area (Å²) in [7, 11) is 0. The number of hydrogen-bond donors (Lipinski definition) is 1. The van der Waals surface area contributed by atoms with E-state index < -0.39 is 0 Å². The van der Waals surface area contributed by atoms with Gasteiger partial charge in [-0.2, -0.15) is 0 Å². The molecule has 0 aromatic rings. The maximum atomic E-state index is 11.7. The molecule has 1 N–H and O–H groups in total. The third kappa shape index (κ3) is 1.86. The topological polar surface area (TPSA) is 49.4 Å². The molecule has 2 saturated heterocycles. The number of nitrogens with one attached hydrogen (secondary N) is 1. The Morgan fingerprint density at radius 3 is 3.00 bits per heavy atom. The molecule has 0 saturated carbocycles. The van der Waals surface area contributed by atoms with Gasteiger partial charge in [0, 0.05) is 18.7 Å². The molecule has 0 aromatic heterocycles. The van der Waals surface area contributed by atoms with Crippen molar-refractivity contribution in [3.8, 4) is 0 Å². The predicted molar refractivity (Wildman–Crippen MR) is 50.5 cm³/mol. The largest absolute Gasteiger partial charge is 0.331 e. The molecule has 4 nitrogen and oxygen atoms in total. The molecule has 72 valence electrons. The molecule has 2 rings (SSSR count). The summed E-state index contributed by atoms with van der Waals surface area (Å²) in [6.07, 6.45) is 0.375. The number of hydrogen-bond acceptors (Lipinski definition) is 4. The first kappa shape index (κ1) is 9.02. The molecule has 0 unspecified atom stereocenters. The minimum atomic E-state index is -0.244. The zero-order chi connectivity index (χ0) is 9.26. The van der Waals surface area contributed by atoms with Crippen molar-refractivity contribution in [2.24, 2.45) is 0 Å². The van der Waals surface area contributed by atoms with E-state index in [1.807, 2.05) is 4.90 Å². The maximum absolute atomic E-state index is 11.7. The first-order valence-electron chi connectivity index (χ1n) is 4.39. The van der Waals surface area contributed by atoms with E-state index in [4.69, 9.17) is 0 Å². The SMILES string of the molecule is O=C1CN[C@H](C(=O)N2CCSC2)C1. The lowest BCUT2D eigenvalue weighted by molar-refractivity contribution is -0.132. The van der Waals surface area contributed by atoms with E-state index in [1.165, 1.54) is 0 Å². The fourth-order valence-corrected chi connectivity index (χ4v) is 2.55. The smallest absolute Gasteiger partial charge is 0.240 e. The maximum Gasteiger partial charge on any atom is 0.240 e. The summed E-state index contributed by atoms with van der Waals surface area (Å²) in [6.45, 7) is 1.19. The van der Waals surface area contributed by atoms with Crippen LogP contribution >= 0.6 is 11.8 Å². The summed E-state index contributed by atoms with van der Waals surface area (Å²) in [4.78, 5) is 24.4. The molecular weight excluding hydrogens is 188 g/mol. The highest BCUT2D eigenvalue weighted by Gasteiger charge is 2.31. The lowest BCUT2D eigenvalue weighted by Gasteiger charge is -2.18. The Balaban J connectivity index is 1.92. The summed E-state index contributed by atoms with van der Waals surface area (Å²) in [5, 5.41) is 2.93. The van der Waals surface area contributed by atoms with Crippen LogP contribution in [0.2, 0.25) is 0 Å². The van der Waals surface area contributed by atoms with E-state index in [0.717, 1.165) is 18.2 Å². The molecule has 0 radical (unpaired) electrons. The standard InChI is InChI=1S/C8H12N2O2S/c11-6-3-7(9-4-6)8(12)10-1-2-13-5-10/h7,9H,1-5H2/t7-/m0/s1. The number of nitrogens with zero attached hydrogens (tertiary/aromatic N) is 1. The lowest BCUT2D eigenvalue weighted by Crippen LogP contribution is -2.42. The van der Waals surface area contributed by atoms with E-state index in [0.29, 0.717) is 13.0 Å². The van der Waals surface area contributed by atoms with Gasteiger partial charge in [-0.05, 0) is 0 Å². The summed E-state index contributed by atoms with van der Waals surface area (Å²) in [6, 6.07) is -0.244. The average Bonchev–Trinajstić information content (AvgIpc) is 2.72. The van der Waals surface area contributed by atoms with Gasteiger partial charge in [0.1, 0.15) is 5.78 Å². The Morgan fingerprint density at radius 1 is 1.62 bits per heavy atom. The number of ketones is 1. The van der Waals surface area contributed by atoms with Crippen LogP contribution in [0.25, 0.3) is 0 Å². The highest BCUT2D eigenvalue weighted by molar-refractivity contribution is 7.99. The van der Waals surface area contributed by atoms with Gasteiger partial charge < -0.3 is 4.90 Å². The van der Waals surface area contributed by atoms with Crippen molar-refractivity contribution in [3.63, 3.8) is 0 Å². The van der Waals surface area contributed by atoms with Crippen molar-refractivity contribution in [3.05, 3.63) is 0 Å². The Labute approximate surface area is 81.0 Å². The van der Waals surface area contributed by atoms with Gasteiger partial charge >= 0.3 is 0 Å². The molecule has 1 atom stereocenters. The Morgan fingerprint density at radius 2 is 2.46 bits per heavy atom. The molecule has 0 aromatic carbocycles. The van der Waals surface area contributed by atoms with Crippen LogP contribution < -0.4 is 5.32 Å². The molecule has 2 aliphatic rings. The van der Waals surface area contributed by atoms with Crippen molar-refractivity contribution in [2.75, 3.05) is 24.7 Å². The van der Waals surface area contributed by atoms with E-state index in [2.05, 4.69) is 5.32 Å². The molecular formula is C8H12N2O2S. The van der Waals surface area contributed by atoms with E-state index in [9.17, 15) is 9.59 Å². The third-order valence-electron chi connectivity index (χ3n) is 2.34. The van der Waals surface area contributed by atoms with Gasteiger partial charge in [0.05, 0.1) is 18.5 Å². The quantitative estimate of drug-likeness (QED) is 0.617. The number of carbonyl (C=O) groups is 2. The normalized spacial score (nSPS) is 28.5. The van der Waals surface area contributed by atoms with Gasteiger partial charge in [-0.3, -0.25) is 14.9 Å². The molecule has 0 spiro atoms. The van der Waals surface area contributed by atoms with Crippen molar-refractivity contribution >= 4 is 23.5 Å². The van der Waals surface area contributed by atoms with Crippen LogP contribution in [-0.2, 0) is 9.59 Å². The number of rotatable bonds is 1. The van der Waals surface area contributed by atoms with Crippen molar-refractivity contribution in [1.82, 2.24) is 10.2 Å². The van der Waals surface area contributed by atoms with Crippen molar-refractivity contribution < 1.29 is 9.59 Å². The van der Waals surface area contributed by atoms with Gasteiger partial charge in [-0.1, -0.05) is 0 Å². The van der Waals surface area contributed by atoms with Crippen molar-refractivity contribution in [1.29, 1.82) is 0 Å². The third-order valence-corrected chi connectivity index (χ3v) is 3.31. The number of carbonyl (C=O) groups excluding carboxylic acids is 2. The molecule has 0 bridgehead atoms. The van der Waals surface area contributed by atoms with Crippen molar-refractivity contribution in [2.45, 2.75) is 12.5 Å². The second-order valence-corrected chi connectivity index (χ2v) is 4.39. The van der Waals surface area contributed by atoms with Crippen LogP contribution in [0.3, 0.4) is 0 Å². The van der Waals surface area contributed by atoms with Crippen LogP contribution in [-0.4, -0.2) is 47.4 Å². The summed E-state index contributed by atoms with van der Waals surface area (Å²) >= 11 is 1.76. The molecule has 2 aliphatic heterocycles. The van der Waals surface area contributed by atoms with E-state index >= 15 is 0 Å². The molecule has 1 amide bonds. The fourth-order valence-electron chi connectivity index (χ4n) is 1.59. The Hall–Kier alpha value is -0.550. The number of thioether (sulfide) groups is 1. The van der Waals surface area contributed by atoms with Crippen LogP contribution in [0.1, 0.15) is 6.42 Å². The minimum Gasteiger partial charge on any atom is -0.331 e. The molecule has 0 aliphatic carbocycles. The fraction of sp³-hybridized carbons (Fsp3) is 0.750. The number of amides is 1. The predicted octanol–water partition coefficient (Wildman–Crippen LogP) is -0.550. The van der Waals surface area contributed by atoms with Gasteiger partial charge in [0.2, 0.25) is 5.91 Å². The summed E-state index contributed by atoms with van der Waals surface area (Å²) < 4.78 is 0. The molecule has 2 heterocycles. The number of Topliss-reactive ketones (excluding diaryl/α,β-unsaturated/α-hetero) is 1. The van der Waals surface area contributed by atoms with E-state index in [-0.39, 0.29) is 17.7 Å². The highest BCUT2D eigenvalue weighted by atomic mass is 32.2.